The number of ether oxygens (including phenoxy) is 3. The monoisotopic (exact) mass is 501 g/mol. The molecule has 7 heteroatoms. The first-order chi connectivity index (χ1) is 17.8. The number of benzene rings is 3. The lowest BCUT2D eigenvalue weighted by Gasteiger charge is -2.26. The third-order valence-electron chi connectivity index (χ3n) is 6.27. The van der Waals surface area contributed by atoms with Crippen LogP contribution >= 0.6 is 0 Å². The summed E-state index contributed by atoms with van der Waals surface area (Å²) in [6.45, 7) is 5.86. The van der Waals surface area contributed by atoms with E-state index in [2.05, 4.69) is 6.92 Å². The van der Waals surface area contributed by atoms with E-state index < -0.39 is 17.7 Å². The second-order valence-corrected chi connectivity index (χ2v) is 9.00. The standard InChI is InChI=1S/C30H31NO6/c1-6-19-10-12-20(13-11-19)27-26(28(32)21-8-7-9-23(16-21)37-18(2)3)29(33)30(34)31(27)22-14-15-24(35-4)25(17-22)36-5/h7-18,27,32H,6H2,1-5H3/b28-26+. The Bertz CT molecular complexity index is 1340. The van der Waals surface area contributed by atoms with E-state index in [-0.39, 0.29) is 17.4 Å². The molecular formula is C30H31NO6. The fourth-order valence-electron chi connectivity index (χ4n) is 4.47. The van der Waals surface area contributed by atoms with Gasteiger partial charge in [0.25, 0.3) is 11.7 Å². The van der Waals surface area contributed by atoms with Gasteiger partial charge in [-0.25, -0.2) is 0 Å². The number of hydrogen-bond donors (Lipinski definition) is 1. The molecule has 0 aliphatic carbocycles. The van der Waals surface area contributed by atoms with E-state index in [1.165, 1.54) is 19.1 Å². The van der Waals surface area contributed by atoms with Crippen LogP contribution in [0.1, 0.15) is 43.5 Å². The summed E-state index contributed by atoms with van der Waals surface area (Å²) < 4.78 is 16.5. The molecule has 1 saturated heterocycles. The van der Waals surface area contributed by atoms with Gasteiger partial charge in [-0.2, -0.15) is 0 Å². The van der Waals surface area contributed by atoms with Crippen LogP contribution in [0.25, 0.3) is 5.76 Å². The number of ketones is 1. The van der Waals surface area contributed by atoms with Crippen LogP contribution in [0, 0.1) is 0 Å². The van der Waals surface area contributed by atoms with Gasteiger partial charge in [0.1, 0.15) is 11.5 Å². The summed E-state index contributed by atoms with van der Waals surface area (Å²) >= 11 is 0. The first-order valence-corrected chi connectivity index (χ1v) is 12.2. The van der Waals surface area contributed by atoms with Crippen molar-refractivity contribution in [2.75, 3.05) is 19.1 Å². The first-order valence-electron chi connectivity index (χ1n) is 12.2. The average Bonchev–Trinajstić information content (AvgIpc) is 3.17. The highest BCUT2D eigenvalue weighted by atomic mass is 16.5. The molecule has 0 saturated carbocycles. The van der Waals surface area contributed by atoms with Crippen molar-refractivity contribution in [1.29, 1.82) is 0 Å². The van der Waals surface area contributed by atoms with Crippen LogP contribution in [-0.2, 0) is 16.0 Å². The summed E-state index contributed by atoms with van der Waals surface area (Å²) in [5.41, 5.74) is 2.65. The van der Waals surface area contributed by atoms with Crippen molar-refractivity contribution in [3.8, 4) is 17.2 Å². The van der Waals surface area contributed by atoms with Crippen LogP contribution in [0.15, 0.2) is 72.3 Å². The summed E-state index contributed by atoms with van der Waals surface area (Å²) in [6, 6.07) is 18.7. The Labute approximate surface area is 216 Å². The highest BCUT2D eigenvalue weighted by Gasteiger charge is 2.47. The number of aliphatic hydroxyl groups excluding tert-OH is 1. The van der Waals surface area contributed by atoms with Gasteiger partial charge in [-0.05, 0) is 55.7 Å². The molecule has 1 unspecified atom stereocenters. The van der Waals surface area contributed by atoms with E-state index >= 15 is 0 Å². The van der Waals surface area contributed by atoms with E-state index in [0.717, 1.165) is 12.0 Å². The Kier molecular flexibility index (Phi) is 7.53. The summed E-state index contributed by atoms with van der Waals surface area (Å²) in [7, 11) is 3.03. The van der Waals surface area contributed by atoms with E-state index in [0.29, 0.717) is 34.1 Å². The van der Waals surface area contributed by atoms with Crippen molar-refractivity contribution in [2.45, 2.75) is 39.3 Å². The third kappa shape index (κ3) is 5.03. The number of aryl methyl sites for hydroxylation is 1. The number of Topliss-reactive ketones (excluding diaryl/α,β-unsaturated/α-hetero) is 1. The number of carbonyl (C=O) groups excluding carboxylic acids is 2. The fourth-order valence-corrected chi connectivity index (χ4v) is 4.47. The van der Waals surface area contributed by atoms with Crippen molar-refractivity contribution in [2.24, 2.45) is 0 Å². The Morgan fingerprint density at radius 1 is 0.946 bits per heavy atom. The largest absolute Gasteiger partial charge is 0.507 e. The molecule has 1 aliphatic rings. The third-order valence-corrected chi connectivity index (χ3v) is 6.27. The van der Waals surface area contributed by atoms with Gasteiger partial charge in [0.2, 0.25) is 0 Å². The molecular weight excluding hydrogens is 470 g/mol. The minimum absolute atomic E-state index is 0.00531. The van der Waals surface area contributed by atoms with Gasteiger partial charge in [0, 0.05) is 17.3 Å². The number of amides is 1. The predicted molar refractivity (Wildman–Crippen MR) is 142 cm³/mol. The molecule has 1 amide bonds. The number of aliphatic hydroxyl groups is 1. The Hall–Kier alpha value is -4.26. The number of anilines is 1. The second-order valence-electron chi connectivity index (χ2n) is 9.00. The minimum Gasteiger partial charge on any atom is -0.507 e. The van der Waals surface area contributed by atoms with E-state index in [1.807, 2.05) is 38.1 Å². The van der Waals surface area contributed by atoms with E-state index in [9.17, 15) is 14.7 Å². The SMILES string of the molecule is CCc1ccc(C2/C(=C(\O)c3cccc(OC(C)C)c3)C(=O)C(=O)N2c2ccc(OC)c(OC)c2)cc1. The summed E-state index contributed by atoms with van der Waals surface area (Å²) in [6.07, 6.45) is 0.781. The topological polar surface area (TPSA) is 85.3 Å². The fraction of sp³-hybridized carbons (Fsp3) is 0.267. The van der Waals surface area contributed by atoms with Gasteiger partial charge in [0.05, 0.1) is 31.9 Å². The van der Waals surface area contributed by atoms with Gasteiger partial charge in [-0.15, -0.1) is 0 Å². The molecule has 0 aromatic heterocycles. The molecule has 3 aromatic rings. The van der Waals surface area contributed by atoms with Crippen molar-refractivity contribution in [1.82, 2.24) is 0 Å². The zero-order valence-electron chi connectivity index (χ0n) is 21.6. The molecule has 1 N–H and O–H groups in total. The smallest absolute Gasteiger partial charge is 0.300 e. The zero-order chi connectivity index (χ0) is 26.7. The minimum atomic E-state index is -0.848. The van der Waals surface area contributed by atoms with Crippen LogP contribution < -0.4 is 19.1 Å². The molecule has 3 aromatic carbocycles. The Morgan fingerprint density at radius 3 is 2.27 bits per heavy atom. The lowest BCUT2D eigenvalue weighted by Crippen LogP contribution is -2.29. The number of rotatable bonds is 8. The Balaban J connectivity index is 1.91. The maximum absolute atomic E-state index is 13.5. The Morgan fingerprint density at radius 2 is 1.65 bits per heavy atom. The summed E-state index contributed by atoms with van der Waals surface area (Å²) in [5, 5.41) is 11.4. The van der Waals surface area contributed by atoms with Crippen molar-refractivity contribution in [3.63, 3.8) is 0 Å². The maximum atomic E-state index is 13.5. The van der Waals surface area contributed by atoms with Gasteiger partial charge in [-0.3, -0.25) is 14.5 Å². The molecule has 1 fully saturated rings. The molecule has 0 bridgehead atoms. The van der Waals surface area contributed by atoms with Gasteiger partial charge < -0.3 is 19.3 Å². The first kappa shape index (κ1) is 25.8. The van der Waals surface area contributed by atoms with Crippen LogP contribution in [0.5, 0.6) is 17.2 Å². The predicted octanol–water partition coefficient (Wildman–Crippen LogP) is 5.68. The molecule has 37 heavy (non-hydrogen) atoms. The summed E-state index contributed by atoms with van der Waals surface area (Å²) in [5.74, 6) is -0.314. The van der Waals surface area contributed by atoms with Crippen LogP contribution in [0.3, 0.4) is 0 Å². The molecule has 1 aliphatic heterocycles. The van der Waals surface area contributed by atoms with Crippen molar-refractivity contribution in [3.05, 3.63) is 89.0 Å². The summed E-state index contributed by atoms with van der Waals surface area (Å²) in [4.78, 5) is 28.3. The zero-order valence-corrected chi connectivity index (χ0v) is 21.6. The molecule has 7 nitrogen and oxygen atoms in total. The highest BCUT2D eigenvalue weighted by molar-refractivity contribution is 6.51. The highest BCUT2D eigenvalue weighted by Crippen LogP contribution is 2.44. The van der Waals surface area contributed by atoms with Crippen molar-refractivity contribution < 1.29 is 28.9 Å². The maximum Gasteiger partial charge on any atom is 0.300 e. The van der Waals surface area contributed by atoms with E-state index in [4.69, 9.17) is 14.2 Å². The van der Waals surface area contributed by atoms with Gasteiger partial charge in [-0.1, -0.05) is 43.3 Å². The van der Waals surface area contributed by atoms with Gasteiger partial charge in [0.15, 0.2) is 11.5 Å². The number of carbonyl (C=O) groups is 2. The number of hydrogen-bond acceptors (Lipinski definition) is 6. The quantitative estimate of drug-likeness (QED) is 0.243. The molecule has 1 atom stereocenters. The molecule has 4 rings (SSSR count). The average molecular weight is 502 g/mol. The second kappa shape index (κ2) is 10.8. The lowest BCUT2D eigenvalue weighted by molar-refractivity contribution is -0.132. The molecule has 0 spiro atoms. The number of nitrogens with zero attached hydrogens (tertiary/aromatic N) is 1. The van der Waals surface area contributed by atoms with Crippen molar-refractivity contribution >= 4 is 23.1 Å². The molecule has 192 valence electrons. The van der Waals surface area contributed by atoms with Gasteiger partial charge >= 0.3 is 0 Å². The molecule has 1 heterocycles. The van der Waals surface area contributed by atoms with E-state index in [1.54, 1.807) is 42.5 Å². The number of methoxy groups -OCH3 is 2. The van der Waals surface area contributed by atoms with Crippen LogP contribution in [-0.4, -0.2) is 37.1 Å². The lowest BCUT2D eigenvalue weighted by atomic mass is 9.94. The molecule has 0 radical (unpaired) electrons. The van der Waals surface area contributed by atoms with Crippen LogP contribution in [0.4, 0.5) is 5.69 Å². The normalized spacial score (nSPS) is 16.8. The van der Waals surface area contributed by atoms with Crippen LogP contribution in [0.2, 0.25) is 0 Å².